The summed E-state index contributed by atoms with van der Waals surface area (Å²) in [6.45, 7) is 5.67. The highest BCUT2D eigenvalue weighted by Crippen LogP contribution is 2.14. The average molecular weight is 374 g/mol. The van der Waals surface area contributed by atoms with Gasteiger partial charge in [0.15, 0.2) is 0 Å². The number of anilines is 2. The molecule has 0 unspecified atom stereocenters. The van der Waals surface area contributed by atoms with Gasteiger partial charge in [-0.1, -0.05) is 0 Å². The quantitative estimate of drug-likeness (QED) is 0.787. The van der Waals surface area contributed by atoms with Gasteiger partial charge in [0.25, 0.3) is 0 Å². The van der Waals surface area contributed by atoms with Gasteiger partial charge in [-0.25, -0.2) is 4.98 Å². The molecule has 2 fully saturated rings. The highest BCUT2D eigenvalue weighted by atomic mass is 16.2. The molecular weight excluding hydrogens is 344 g/mol. The normalized spacial score (nSPS) is 17.5. The molecule has 0 spiro atoms. The second-order valence-corrected chi connectivity index (χ2v) is 7.32. The molecule has 1 aromatic heterocycles. The van der Waals surface area contributed by atoms with Crippen molar-refractivity contribution in [2.24, 2.45) is 0 Å². The fourth-order valence-corrected chi connectivity index (χ4v) is 3.53. The minimum atomic E-state index is 0.0775. The molecule has 2 aliphatic rings. The Morgan fingerprint density at radius 2 is 1.41 bits per heavy atom. The van der Waals surface area contributed by atoms with E-state index < -0.39 is 0 Å². The van der Waals surface area contributed by atoms with Gasteiger partial charge >= 0.3 is 0 Å². The number of hydrogen-bond acceptors (Lipinski definition) is 6. The molecule has 2 amide bonds. The lowest BCUT2D eigenvalue weighted by atomic mass is 10.1. The van der Waals surface area contributed by atoms with Gasteiger partial charge in [0.05, 0.1) is 13.1 Å². The summed E-state index contributed by atoms with van der Waals surface area (Å²) in [6, 6.07) is 0. The van der Waals surface area contributed by atoms with Crippen molar-refractivity contribution in [1.29, 1.82) is 0 Å². The van der Waals surface area contributed by atoms with Gasteiger partial charge < -0.3 is 20.4 Å². The van der Waals surface area contributed by atoms with E-state index in [0.29, 0.717) is 11.8 Å². The van der Waals surface area contributed by atoms with Crippen LogP contribution in [0, 0.1) is 6.92 Å². The van der Waals surface area contributed by atoms with E-state index in [2.05, 4.69) is 20.6 Å². The maximum Gasteiger partial charge on any atom is 0.241 e. The van der Waals surface area contributed by atoms with Crippen LogP contribution in [0.25, 0.3) is 0 Å². The molecule has 0 saturated carbocycles. The van der Waals surface area contributed by atoms with Crippen molar-refractivity contribution in [3.05, 3.63) is 11.8 Å². The van der Waals surface area contributed by atoms with Gasteiger partial charge in [-0.2, -0.15) is 4.98 Å². The van der Waals surface area contributed by atoms with Crippen LogP contribution < -0.4 is 10.6 Å². The van der Waals surface area contributed by atoms with E-state index in [9.17, 15) is 9.59 Å². The van der Waals surface area contributed by atoms with Crippen molar-refractivity contribution in [3.63, 3.8) is 0 Å². The molecule has 27 heavy (non-hydrogen) atoms. The molecule has 3 heterocycles. The minimum Gasteiger partial charge on any atom is -0.361 e. The SMILES string of the molecule is Cc1cnc(NCC(=O)N2CCCCC2)nc1NCC(=O)N1CCCCC1. The van der Waals surface area contributed by atoms with E-state index in [1.54, 1.807) is 6.20 Å². The molecular formula is C19H30N6O2. The molecule has 0 aliphatic carbocycles. The van der Waals surface area contributed by atoms with E-state index in [0.717, 1.165) is 57.4 Å². The molecule has 1 aromatic rings. The number of likely N-dealkylation sites (tertiary alicyclic amines) is 2. The Labute approximate surface area is 160 Å². The lowest BCUT2D eigenvalue weighted by Gasteiger charge is -2.27. The van der Waals surface area contributed by atoms with Crippen molar-refractivity contribution in [3.8, 4) is 0 Å². The first kappa shape index (κ1) is 19.4. The van der Waals surface area contributed by atoms with Gasteiger partial charge in [0.1, 0.15) is 5.82 Å². The van der Waals surface area contributed by atoms with E-state index in [1.807, 2.05) is 16.7 Å². The summed E-state index contributed by atoms with van der Waals surface area (Å²) >= 11 is 0. The molecule has 0 atom stereocenters. The van der Waals surface area contributed by atoms with E-state index >= 15 is 0 Å². The summed E-state index contributed by atoms with van der Waals surface area (Å²) in [7, 11) is 0. The molecule has 0 bridgehead atoms. The smallest absolute Gasteiger partial charge is 0.241 e. The second kappa shape index (κ2) is 9.53. The van der Waals surface area contributed by atoms with E-state index in [1.165, 1.54) is 12.8 Å². The number of nitrogens with zero attached hydrogens (tertiary/aromatic N) is 4. The highest BCUT2D eigenvalue weighted by molar-refractivity contribution is 5.81. The first-order valence-corrected chi connectivity index (χ1v) is 10.0. The van der Waals surface area contributed by atoms with Gasteiger partial charge in [0.2, 0.25) is 17.8 Å². The summed E-state index contributed by atoms with van der Waals surface area (Å²) in [5, 5.41) is 6.14. The van der Waals surface area contributed by atoms with Crippen molar-refractivity contribution < 1.29 is 9.59 Å². The Hall–Kier alpha value is -2.38. The zero-order valence-electron chi connectivity index (χ0n) is 16.2. The van der Waals surface area contributed by atoms with Crippen LogP contribution in [0.2, 0.25) is 0 Å². The predicted octanol–water partition coefficient (Wildman–Crippen LogP) is 1.63. The molecule has 148 valence electrons. The molecule has 0 radical (unpaired) electrons. The third kappa shape index (κ3) is 5.55. The molecule has 2 N–H and O–H groups in total. The van der Waals surface area contributed by atoms with Crippen molar-refractivity contribution in [2.45, 2.75) is 45.4 Å². The number of aryl methyl sites for hydroxylation is 1. The van der Waals surface area contributed by atoms with Crippen LogP contribution in [0.3, 0.4) is 0 Å². The lowest BCUT2D eigenvalue weighted by molar-refractivity contribution is -0.130. The van der Waals surface area contributed by atoms with Crippen LogP contribution in [0.1, 0.15) is 44.1 Å². The number of hydrogen-bond donors (Lipinski definition) is 2. The number of carbonyl (C=O) groups excluding carboxylic acids is 2. The third-order valence-corrected chi connectivity index (χ3v) is 5.19. The number of rotatable bonds is 6. The summed E-state index contributed by atoms with van der Waals surface area (Å²) in [6.07, 6.45) is 8.41. The Morgan fingerprint density at radius 3 is 1.96 bits per heavy atom. The van der Waals surface area contributed by atoms with Crippen LogP contribution in [-0.2, 0) is 9.59 Å². The topological polar surface area (TPSA) is 90.5 Å². The molecule has 2 aliphatic heterocycles. The molecule has 8 nitrogen and oxygen atoms in total. The fraction of sp³-hybridized carbons (Fsp3) is 0.684. The zero-order chi connectivity index (χ0) is 19.1. The van der Waals surface area contributed by atoms with Crippen LogP contribution in [0.4, 0.5) is 11.8 Å². The first-order valence-electron chi connectivity index (χ1n) is 10.0. The van der Waals surface area contributed by atoms with E-state index in [4.69, 9.17) is 0 Å². The monoisotopic (exact) mass is 374 g/mol. The standard InChI is InChI=1S/C19H30N6O2/c1-15-12-21-19(22-14-17(27)25-10-6-3-7-11-25)23-18(15)20-13-16(26)24-8-4-2-5-9-24/h12H,2-11,13-14H2,1H3,(H2,20,21,22,23). The van der Waals surface area contributed by atoms with Crippen molar-refractivity contribution in [2.75, 3.05) is 49.9 Å². The maximum absolute atomic E-state index is 12.3. The van der Waals surface area contributed by atoms with Gasteiger partial charge in [0, 0.05) is 37.9 Å². The zero-order valence-corrected chi connectivity index (χ0v) is 16.2. The third-order valence-electron chi connectivity index (χ3n) is 5.19. The number of carbonyl (C=O) groups is 2. The summed E-state index contributed by atoms with van der Waals surface area (Å²) in [5.41, 5.74) is 0.870. The number of nitrogens with one attached hydrogen (secondary N) is 2. The van der Waals surface area contributed by atoms with Crippen LogP contribution in [0.5, 0.6) is 0 Å². The molecule has 0 aromatic carbocycles. The van der Waals surface area contributed by atoms with Crippen LogP contribution in [0.15, 0.2) is 6.20 Å². The minimum absolute atomic E-state index is 0.0775. The summed E-state index contributed by atoms with van der Waals surface area (Å²) in [5.74, 6) is 1.21. The van der Waals surface area contributed by atoms with Gasteiger partial charge in [-0.15, -0.1) is 0 Å². The number of piperidine rings is 2. The largest absolute Gasteiger partial charge is 0.361 e. The van der Waals surface area contributed by atoms with E-state index in [-0.39, 0.29) is 24.9 Å². The lowest BCUT2D eigenvalue weighted by Crippen LogP contribution is -2.39. The van der Waals surface area contributed by atoms with Crippen molar-refractivity contribution in [1.82, 2.24) is 19.8 Å². The number of aromatic nitrogens is 2. The average Bonchev–Trinajstić information content (AvgIpc) is 2.73. The predicted molar refractivity (Wildman–Crippen MR) is 105 cm³/mol. The second-order valence-electron chi connectivity index (χ2n) is 7.32. The Balaban J connectivity index is 1.50. The van der Waals surface area contributed by atoms with Crippen molar-refractivity contribution >= 4 is 23.6 Å². The van der Waals surface area contributed by atoms with Gasteiger partial charge in [-0.05, 0) is 45.4 Å². The molecule has 3 rings (SSSR count). The number of amides is 2. The van der Waals surface area contributed by atoms with Crippen LogP contribution >= 0.6 is 0 Å². The van der Waals surface area contributed by atoms with Gasteiger partial charge in [-0.3, -0.25) is 9.59 Å². The fourth-order valence-electron chi connectivity index (χ4n) is 3.53. The Kier molecular flexibility index (Phi) is 6.84. The molecule has 2 saturated heterocycles. The Morgan fingerprint density at radius 1 is 0.889 bits per heavy atom. The molecule has 8 heteroatoms. The Bertz CT molecular complexity index is 654. The highest BCUT2D eigenvalue weighted by Gasteiger charge is 2.18. The van der Waals surface area contributed by atoms with Crippen LogP contribution in [-0.4, -0.2) is 70.9 Å². The first-order chi connectivity index (χ1) is 13.1. The summed E-state index contributed by atoms with van der Waals surface area (Å²) in [4.78, 5) is 37.0. The summed E-state index contributed by atoms with van der Waals surface area (Å²) < 4.78 is 0. The maximum atomic E-state index is 12.3.